The van der Waals surface area contributed by atoms with E-state index in [2.05, 4.69) is 20.1 Å². The number of nitrogens with one attached hydrogen (secondary N) is 1. The zero-order valence-electron chi connectivity index (χ0n) is 14.3. The number of aromatic nitrogens is 1. The first kappa shape index (κ1) is 17.2. The molecule has 2 saturated heterocycles. The second-order valence-electron chi connectivity index (χ2n) is 6.93. The molecule has 0 radical (unpaired) electrons. The van der Waals surface area contributed by atoms with Crippen LogP contribution in [0.3, 0.4) is 0 Å². The third-order valence-corrected chi connectivity index (χ3v) is 4.94. The molecule has 3 rings (SSSR count). The lowest BCUT2D eigenvalue weighted by molar-refractivity contribution is -0.117. The number of rotatable bonds is 5. The molecule has 0 aliphatic carbocycles. The number of amides is 1. The summed E-state index contributed by atoms with van der Waals surface area (Å²) in [7, 11) is 0. The minimum Gasteiger partial charge on any atom is -0.396 e. The molecule has 2 fully saturated rings. The van der Waals surface area contributed by atoms with Crippen molar-refractivity contribution >= 4 is 17.4 Å². The smallest absolute Gasteiger partial charge is 0.238 e. The monoisotopic (exact) mass is 332 g/mol. The van der Waals surface area contributed by atoms with E-state index in [9.17, 15) is 9.90 Å². The van der Waals surface area contributed by atoms with Gasteiger partial charge in [0.15, 0.2) is 0 Å². The van der Waals surface area contributed by atoms with Gasteiger partial charge in [-0.3, -0.25) is 9.69 Å². The van der Waals surface area contributed by atoms with Crippen molar-refractivity contribution in [2.75, 3.05) is 49.5 Å². The second kappa shape index (κ2) is 8.44. The predicted octanol–water partition coefficient (Wildman–Crippen LogP) is 1.71. The van der Waals surface area contributed by atoms with Gasteiger partial charge in [-0.15, -0.1) is 0 Å². The van der Waals surface area contributed by atoms with Gasteiger partial charge < -0.3 is 15.3 Å². The summed E-state index contributed by atoms with van der Waals surface area (Å²) < 4.78 is 0. The van der Waals surface area contributed by atoms with Gasteiger partial charge in [-0.1, -0.05) is 0 Å². The molecular formula is C18H28N4O2. The Balaban J connectivity index is 1.49. The first-order chi connectivity index (χ1) is 11.7. The number of pyridine rings is 1. The van der Waals surface area contributed by atoms with Crippen molar-refractivity contribution in [2.45, 2.75) is 32.1 Å². The van der Waals surface area contributed by atoms with Gasteiger partial charge in [-0.25, -0.2) is 4.98 Å². The number of aliphatic hydroxyl groups is 1. The van der Waals surface area contributed by atoms with Crippen molar-refractivity contribution in [3.05, 3.63) is 18.3 Å². The molecule has 2 N–H and O–H groups in total. The van der Waals surface area contributed by atoms with Crippen LogP contribution in [-0.4, -0.2) is 60.2 Å². The largest absolute Gasteiger partial charge is 0.396 e. The summed E-state index contributed by atoms with van der Waals surface area (Å²) in [4.78, 5) is 21.1. The number of likely N-dealkylation sites (tertiary alicyclic amines) is 1. The summed E-state index contributed by atoms with van der Waals surface area (Å²) in [5.74, 6) is 1.28. The van der Waals surface area contributed by atoms with Crippen molar-refractivity contribution in [3.8, 4) is 0 Å². The summed E-state index contributed by atoms with van der Waals surface area (Å²) in [6.45, 7) is 4.45. The number of anilines is 2. The van der Waals surface area contributed by atoms with Gasteiger partial charge in [0.2, 0.25) is 5.91 Å². The number of hydrogen-bond acceptors (Lipinski definition) is 5. The van der Waals surface area contributed by atoms with Gasteiger partial charge in [0.25, 0.3) is 0 Å². The van der Waals surface area contributed by atoms with Crippen LogP contribution in [0.4, 0.5) is 11.5 Å². The molecular weight excluding hydrogens is 304 g/mol. The Labute approximate surface area is 143 Å². The van der Waals surface area contributed by atoms with Gasteiger partial charge in [0.05, 0.1) is 18.4 Å². The maximum absolute atomic E-state index is 12.2. The Morgan fingerprint density at radius 1 is 1.21 bits per heavy atom. The standard InChI is InChI=1S/C18H28N4O2/c23-14-15-5-4-8-21(12-15)13-18(24)20-16-6-7-17(19-11-16)22-9-2-1-3-10-22/h6-7,11,15,23H,1-5,8-10,12-14H2,(H,20,24). The number of aliphatic hydroxyl groups excluding tert-OH is 1. The van der Waals surface area contributed by atoms with Crippen molar-refractivity contribution in [3.63, 3.8) is 0 Å². The third-order valence-electron chi connectivity index (χ3n) is 4.94. The number of piperidine rings is 2. The Hall–Kier alpha value is -1.66. The Bertz CT molecular complexity index is 528. The predicted molar refractivity (Wildman–Crippen MR) is 95.2 cm³/mol. The lowest BCUT2D eigenvalue weighted by Gasteiger charge is -2.31. The minimum atomic E-state index is -0.0129. The molecule has 1 aromatic rings. The van der Waals surface area contributed by atoms with Gasteiger partial charge in [-0.2, -0.15) is 0 Å². The fourth-order valence-corrected chi connectivity index (χ4v) is 3.62. The van der Waals surface area contributed by atoms with E-state index in [1.807, 2.05) is 12.1 Å². The van der Waals surface area contributed by atoms with Crippen molar-refractivity contribution in [2.24, 2.45) is 5.92 Å². The topological polar surface area (TPSA) is 68.7 Å². The molecule has 2 aliphatic heterocycles. The molecule has 0 aromatic carbocycles. The Morgan fingerprint density at radius 2 is 2.04 bits per heavy atom. The molecule has 1 amide bonds. The van der Waals surface area contributed by atoms with Crippen LogP contribution in [0, 0.1) is 5.92 Å². The molecule has 0 bridgehead atoms. The minimum absolute atomic E-state index is 0.0129. The van der Waals surface area contributed by atoms with Crippen molar-refractivity contribution < 1.29 is 9.90 Å². The lowest BCUT2D eigenvalue weighted by atomic mass is 9.99. The SMILES string of the molecule is O=C(CN1CCCC(CO)C1)Nc1ccc(N2CCCCC2)nc1. The summed E-state index contributed by atoms with van der Waals surface area (Å²) in [5, 5.41) is 12.2. The zero-order valence-corrected chi connectivity index (χ0v) is 14.3. The van der Waals surface area contributed by atoms with Gasteiger partial charge in [0, 0.05) is 26.2 Å². The van der Waals surface area contributed by atoms with Crippen LogP contribution in [0.25, 0.3) is 0 Å². The number of hydrogen-bond donors (Lipinski definition) is 2. The highest BCUT2D eigenvalue weighted by atomic mass is 16.3. The van der Waals surface area contributed by atoms with Crippen LogP contribution in [0.1, 0.15) is 32.1 Å². The summed E-state index contributed by atoms with van der Waals surface area (Å²) in [5.41, 5.74) is 0.747. The molecule has 1 atom stereocenters. The van der Waals surface area contributed by atoms with E-state index < -0.39 is 0 Å². The lowest BCUT2D eigenvalue weighted by Crippen LogP contribution is -2.41. The molecule has 132 valence electrons. The van der Waals surface area contributed by atoms with Crippen LogP contribution in [0.2, 0.25) is 0 Å². The Kier molecular flexibility index (Phi) is 6.04. The molecule has 0 saturated carbocycles. The molecule has 1 aromatic heterocycles. The van der Waals surface area contributed by atoms with Crippen LogP contribution < -0.4 is 10.2 Å². The molecule has 3 heterocycles. The average Bonchev–Trinajstić information content (AvgIpc) is 2.63. The van der Waals surface area contributed by atoms with E-state index in [0.717, 1.165) is 50.5 Å². The van der Waals surface area contributed by atoms with Gasteiger partial charge in [-0.05, 0) is 56.7 Å². The first-order valence-electron chi connectivity index (χ1n) is 9.08. The average molecular weight is 332 g/mol. The van der Waals surface area contributed by atoms with Crippen molar-refractivity contribution in [1.82, 2.24) is 9.88 Å². The number of carbonyl (C=O) groups is 1. The van der Waals surface area contributed by atoms with Gasteiger partial charge in [0.1, 0.15) is 5.82 Å². The molecule has 24 heavy (non-hydrogen) atoms. The van der Waals surface area contributed by atoms with E-state index in [1.54, 1.807) is 6.20 Å². The number of carbonyl (C=O) groups excluding carboxylic acids is 1. The molecule has 6 nitrogen and oxygen atoms in total. The van der Waals surface area contributed by atoms with E-state index in [-0.39, 0.29) is 12.5 Å². The quantitative estimate of drug-likeness (QED) is 0.859. The maximum atomic E-state index is 12.2. The molecule has 2 aliphatic rings. The third kappa shape index (κ3) is 4.68. The van der Waals surface area contributed by atoms with Crippen LogP contribution >= 0.6 is 0 Å². The van der Waals surface area contributed by atoms with Gasteiger partial charge >= 0.3 is 0 Å². The van der Waals surface area contributed by atoms with E-state index in [1.165, 1.54) is 19.3 Å². The summed E-state index contributed by atoms with van der Waals surface area (Å²) in [6, 6.07) is 3.92. The molecule has 0 spiro atoms. The Morgan fingerprint density at radius 3 is 2.75 bits per heavy atom. The second-order valence-corrected chi connectivity index (χ2v) is 6.93. The highest BCUT2D eigenvalue weighted by molar-refractivity contribution is 5.92. The highest BCUT2D eigenvalue weighted by Crippen LogP contribution is 2.19. The first-order valence-corrected chi connectivity index (χ1v) is 9.08. The van der Waals surface area contributed by atoms with Crippen LogP contribution in [-0.2, 0) is 4.79 Å². The molecule has 6 heteroatoms. The fourth-order valence-electron chi connectivity index (χ4n) is 3.62. The van der Waals surface area contributed by atoms with E-state index >= 15 is 0 Å². The summed E-state index contributed by atoms with van der Waals surface area (Å²) >= 11 is 0. The zero-order chi connectivity index (χ0) is 16.8. The molecule has 1 unspecified atom stereocenters. The fraction of sp³-hybridized carbons (Fsp3) is 0.667. The van der Waals surface area contributed by atoms with E-state index in [4.69, 9.17) is 0 Å². The number of nitrogens with zero attached hydrogens (tertiary/aromatic N) is 3. The summed E-state index contributed by atoms with van der Waals surface area (Å²) in [6.07, 6.45) is 7.60. The van der Waals surface area contributed by atoms with Crippen LogP contribution in [0.15, 0.2) is 18.3 Å². The van der Waals surface area contributed by atoms with Crippen molar-refractivity contribution in [1.29, 1.82) is 0 Å². The van der Waals surface area contributed by atoms with E-state index in [0.29, 0.717) is 12.5 Å². The maximum Gasteiger partial charge on any atom is 0.238 e. The van der Waals surface area contributed by atoms with Crippen LogP contribution in [0.5, 0.6) is 0 Å². The normalized spacial score (nSPS) is 22.4. The highest BCUT2D eigenvalue weighted by Gasteiger charge is 2.21.